The molecule has 0 fully saturated rings. The molecule has 4 N–H and O–H groups in total. The summed E-state index contributed by atoms with van der Waals surface area (Å²) in [7, 11) is 0. The lowest BCUT2D eigenvalue weighted by Crippen LogP contribution is -2.50. The standard InChI is InChI=1S/C15H15ClN2O/c16-13-8-4-7-12(9-13)15(18,14(17)19)10-11-5-2-1-3-6-11/h1-9H,10,18H2,(H2,17,19). The fourth-order valence-electron chi connectivity index (χ4n) is 2.02. The molecule has 2 aromatic rings. The van der Waals surface area contributed by atoms with Crippen molar-refractivity contribution in [1.29, 1.82) is 0 Å². The summed E-state index contributed by atoms with van der Waals surface area (Å²) in [6, 6.07) is 16.5. The number of rotatable bonds is 4. The van der Waals surface area contributed by atoms with Crippen LogP contribution < -0.4 is 11.5 Å². The first-order chi connectivity index (χ1) is 9.02. The van der Waals surface area contributed by atoms with Crippen LogP contribution in [0.25, 0.3) is 0 Å². The summed E-state index contributed by atoms with van der Waals surface area (Å²) in [5, 5.41) is 0.529. The molecule has 2 aromatic carbocycles. The predicted octanol–water partition coefficient (Wildman–Crippen LogP) is 2.22. The van der Waals surface area contributed by atoms with Gasteiger partial charge in [-0.3, -0.25) is 4.79 Å². The number of hydrogen-bond donors (Lipinski definition) is 2. The number of nitrogens with two attached hydrogens (primary N) is 2. The minimum Gasteiger partial charge on any atom is -0.368 e. The number of primary amides is 1. The number of amides is 1. The number of benzene rings is 2. The summed E-state index contributed by atoms with van der Waals surface area (Å²) in [5.74, 6) is -0.571. The van der Waals surface area contributed by atoms with Gasteiger partial charge in [0.15, 0.2) is 0 Å². The first-order valence-corrected chi connectivity index (χ1v) is 6.29. The molecule has 19 heavy (non-hydrogen) atoms. The Kier molecular flexibility index (Phi) is 3.88. The van der Waals surface area contributed by atoms with E-state index in [9.17, 15) is 4.79 Å². The van der Waals surface area contributed by atoms with Gasteiger partial charge in [0.1, 0.15) is 5.54 Å². The lowest BCUT2D eigenvalue weighted by molar-refractivity contribution is -0.123. The Bertz CT molecular complexity index is 586. The molecular weight excluding hydrogens is 260 g/mol. The summed E-state index contributed by atoms with van der Waals surface area (Å²) >= 11 is 5.95. The van der Waals surface area contributed by atoms with Crippen LogP contribution in [-0.2, 0) is 16.8 Å². The highest BCUT2D eigenvalue weighted by molar-refractivity contribution is 6.30. The van der Waals surface area contributed by atoms with Gasteiger partial charge in [-0.1, -0.05) is 54.1 Å². The Hall–Kier alpha value is -1.84. The van der Waals surface area contributed by atoms with Gasteiger partial charge in [-0.05, 0) is 23.3 Å². The quantitative estimate of drug-likeness (QED) is 0.898. The van der Waals surface area contributed by atoms with Crippen molar-refractivity contribution < 1.29 is 4.79 Å². The highest BCUT2D eigenvalue weighted by atomic mass is 35.5. The second kappa shape index (κ2) is 5.43. The average Bonchev–Trinajstić information content (AvgIpc) is 2.39. The van der Waals surface area contributed by atoms with Crippen LogP contribution in [0.2, 0.25) is 5.02 Å². The second-order valence-electron chi connectivity index (χ2n) is 4.51. The third-order valence-corrected chi connectivity index (χ3v) is 3.34. The van der Waals surface area contributed by atoms with Crippen molar-refractivity contribution in [3.8, 4) is 0 Å². The van der Waals surface area contributed by atoms with Crippen molar-refractivity contribution in [3.05, 3.63) is 70.7 Å². The van der Waals surface area contributed by atoms with Crippen molar-refractivity contribution in [1.82, 2.24) is 0 Å². The maximum atomic E-state index is 11.8. The van der Waals surface area contributed by atoms with E-state index in [-0.39, 0.29) is 0 Å². The van der Waals surface area contributed by atoms with Crippen molar-refractivity contribution in [3.63, 3.8) is 0 Å². The number of halogens is 1. The molecule has 0 aliphatic carbocycles. The van der Waals surface area contributed by atoms with E-state index in [2.05, 4.69) is 0 Å². The van der Waals surface area contributed by atoms with E-state index in [1.54, 1.807) is 24.3 Å². The third kappa shape index (κ3) is 2.95. The Morgan fingerprint density at radius 1 is 1.11 bits per heavy atom. The molecule has 0 bridgehead atoms. The second-order valence-corrected chi connectivity index (χ2v) is 4.94. The van der Waals surface area contributed by atoms with Crippen LogP contribution in [-0.4, -0.2) is 5.91 Å². The fraction of sp³-hybridized carbons (Fsp3) is 0.133. The number of hydrogen-bond acceptors (Lipinski definition) is 2. The zero-order chi connectivity index (χ0) is 13.9. The topological polar surface area (TPSA) is 69.1 Å². The van der Waals surface area contributed by atoms with E-state index in [1.165, 1.54) is 0 Å². The van der Waals surface area contributed by atoms with Gasteiger partial charge in [0, 0.05) is 11.4 Å². The van der Waals surface area contributed by atoms with Gasteiger partial charge >= 0.3 is 0 Å². The van der Waals surface area contributed by atoms with Crippen LogP contribution >= 0.6 is 11.6 Å². The van der Waals surface area contributed by atoms with Crippen molar-refractivity contribution in [2.24, 2.45) is 11.5 Å². The summed E-state index contributed by atoms with van der Waals surface area (Å²) < 4.78 is 0. The highest BCUT2D eigenvalue weighted by Gasteiger charge is 2.34. The number of carbonyl (C=O) groups excluding carboxylic acids is 1. The van der Waals surface area contributed by atoms with E-state index in [0.717, 1.165) is 5.56 Å². The van der Waals surface area contributed by atoms with Gasteiger partial charge in [-0.25, -0.2) is 0 Å². The summed E-state index contributed by atoms with van der Waals surface area (Å²) in [5.41, 5.74) is 12.0. The van der Waals surface area contributed by atoms with Gasteiger partial charge in [0.2, 0.25) is 5.91 Å². The molecule has 4 heteroatoms. The lowest BCUT2D eigenvalue weighted by Gasteiger charge is -2.26. The molecule has 0 aliphatic heterocycles. The molecule has 0 saturated carbocycles. The maximum Gasteiger partial charge on any atom is 0.242 e. The first-order valence-electron chi connectivity index (χ1n) is 5.91. The average molecular weight is 275 g/mol. The molecule has 0 saturated heterocycles. The molecule has 3 nitrogen and oxygen atoms in total. The molecule has 0 heterocycles. The minimum atomic E-state index is -1.26. The van der Waals surface area contributed by atoms with Crippen LogP contribution in [0.5, 0.6) is 0 Å². The fourth-order valence-corrected chi connectivity index (χ4v) is 2.21. The maximum absolute atomic E-state index is 11.8. The van der Waals surface area contributed by atoms with Gasteiger partial charge in [-0.2, -0.15) is 0 Å². The molecule has 0 aliphatic rings. The van der Waals surface area contributed by atoms with E-state index < -0.39 is 11.4 Å². The normalized spacial score (nSPS) is 13.8. The largest absolute Gasteiger partial charge is 0.368 e. The Balaban J connectivity index is 2.41. The van der Waals surface area contributed by atoms with Crippen LogP contribution in [0.15, 0.2) is 54.6 Å². The van der Waals surface area contributed by atoms with E-state index >= 15 is 0 Å². The molecule has 1 atom stereocenters. The third-order valence-electron chi connectivity index (χ3n) is 3.11. The monoisotopic (exact) mass is 274 g/mol. The van der Waals surface area contributed by atoms with Crippen molar-refractivity contribution in [2.75, 3.05) is 0 Å². The number of carbonyl (C=O) groups is 1. The van der Waals surface area contributed by atoms with Crippen molar-refractivity contribution >= 4 is 17.5 Å². The molecule has 0 aromatic heterocycles. The van der Waals surface area contributed by atoms with Crippen LogP contribution in [0.3, 0.4) is 0 Å². The van der Waals surface area contributed by atoms with Crippen molar-refractivity contribution in [2.45, 2.75) is 12.0 Å². The molecule has 98 valence electrons. The first kappa shape index (κ1) is 13.6. The minimum absolute atomic E-state index is 0.337. The van der Waals surface area contributed by atoms with Gasteiger partial charge in [-0.15, -0.1) is 0 Å². The van der Waals surface area contributed by atoms with Crippen LogP contribution in [0.1, 0.15) is 11.1 Å². The van der Waals surface area contributed by atoms with Gasteiger partial charge in [0.05, 0.1) is 0 Å². The van der Waals surface area contributed by atoms with E-state index in [1.807, 2.05) is 30.3 Å². The zero-order valence-electron chi connectivity index (χ0n) is 10.3. The van der Waals surface area contributed by atoms with Crippen LogP contribution in [0, 0.1) is 0 Å². The van der Waals surface area contributed by atoms with Gasteiger partial charge in [0.25, 0.3) is 0 Å². The molecule has 1 unspecified atom stereocenters. The van der Waals surface area contributed by atoms with E-state index in [4.69, 9.17) is 23.1 Å². The van der Waals surface area contributed by atoms with Gasteiger partial charge < -0.3 is 11.5 Å². The molecule has 0 spiro atoms. The lowest BCUT2D eigenvalue weighted by atomic mass is 9.84. The SMILES string of the molecule is NC(=O)C(N)(Cc1ccccc1)c1cccc(Cl)c1. The highest BCUT2D eigenvalue weighted by Crippen LogP contribution is 2.25. The Morgan fingerprint density at radius 3 is 2.37 bits per heavy atom. The molecule has 1 amide bonds. The zero-order valence-corrected chi connectivity index (χ0v) is 11.1. The molecule has 2 rings (SSSR count). The smallest absolute Gasteiger partial charge is 0.242 e. The summed E-state index contributed by atoms with van der Waals surface area (Å²) in [4.78, 5) is 11.8. The van der Waals surface area contributed by atoms with E-state index in [0.29, 0.717) is 17.0 Å². The Labute approximate surface area is 117 Å². The molecule has 0 radical (unpaired) electrons. The summed E-state index contributed by atoms with van der Waals surface area (Å²) in [6.07, 6.45) is 0.337. The molecular formula is C15H15ClN2O. The Morgan fingerprint density at radius 2 is 1.79 bits per heavy atom. The predicted molar refractivity (Wildman–Crippen MR) is 76.7 cm³/mol. The summed E-state index contributed by atoms with van der Waals surface area (Å²) in [6.45, 7) is 0. The van der Waals surface area contributed by atoms with Crippen LogP contribution in [0.4, 0.5) is 0 Å².